The number of benzene rings is 2. The van der Waals surface area contributed by atoms with Crippen molar-refractivity contribution in [2.45, 2.75) is 142 Å². The molecule has 16 nitrogen and oxygen atoms in total. The van der Waals surface area contributed by atoms with E-state index in [1.807, 2.05) is 107 Å². The van der Waals surface area contributed by atoms with E-state index in [0.717, 1.165) is 22.0 Å². The third-order valence-corrected chi connectivity index (χ3v) is 13.8. The summed E-state index contributed by atoms with van der Waals surface area (Å²) in [5, 5.41) is 19.2. The van der Waals surface area contributed by atoms with Crippen LogP contribution < -0.4 is 16.0 Å². The largest absolute Gasteiger partial charge is 0.481 e. The quantitative estimate of drug-likeness (QED) is 0.0660. The van der Waals surface area contributed by atoms with Crippen LogP contribution in [-0.4, -0.2) is 144 Å². The number of amides is 5. The molecule has 1 aliphatic heterocycles. The van der Waals surface area contributed by atoms with E-state index in [9.17, 15) is 28.8 Å². The number of carbonyl (C=O) groups excluding carboxylic acids is 5. The highest BCUT2D eigenvalue weighted by molar-refractivity contribution is 5.91. The predicted molar refractivity (Wildman–Crippen MR) is 263 cm³/mol. The first-order chi connectivity index (χ1) is 32.3. The fourth-order valence-electron chi connectivity index (χ4n) is 9.85. The first-order valence-electron chi connectivity index (χ1n) is 24.4. The zero-order valence-electron chi connectivity index (χ0n) is 42.3. The van der Waals surface area contributed by atoms with Crippen LogP contribution in [0.2, 0.25) is 0 Å². The van der Waals surface area contributed by atoms with E-state index in [-0.39, 0.29) is 66.6 Å². The normalized spacial score (nSPS) is 17.6. The van der Waals surface area contributed by atoms with Crippen LogP contribution in [0.3, 0.4) is 0 Å². The van der Waals surface area contributed by atoms with Gasteiger partial charge >= 0.3 is 5.97 Å². The van der Waals surface area contributed by atoms with Crippen LogP contribution in [0.25, 0.3) is 10.9 Å². The number of carboxylic acids is 1. The molecule has 1 aliphatic rings. The van der Waals surface area contributed by atoms with Crippen molar-refractivity contribution in [3.63, 3.8) is 0 Å². The first kappa shape index (κ1) is 55.3. The zero-order chi connectivity index (χ0) is 50.2. The maximum atomic E-state index is 14.5. The van der Waals surface area contributed by atoms with Crippen LogP contribution in [0.15, 0.2) is 60.8 Å². The molecule has 0 radical (unpaired) electrons. The van der Waals surface area contributed by atoms with Gasteiger partial charge in [0.1, 0.15) is 12.1 Å². The number of carboxylic acid groups (broad SMARTS) is 1. The second-order valence-corrected chi connectivity index (χ2v) is 19.3. The first-order valence-corrected chi connectivity index (χ1v) is 24.4. The molecule has 1 saturated heterocycles. The second-order valence-electron chi connectivity index (χ2n) is 19.3. The highest BCUT2D eigenvalue weighted by Crippen LogP contribution is 2.30. The Balaban J connectivity index is 1.50. The number of hydrogen-bond donors (Lipinski definition) is 5. The van der Waals surface area contributed by atoms with Crippen LogP contribution in [0.4, 0.5) is 0 Å². The molecule has 68 heavy (non-hydrogen) atoms. The number of aromatic nitrogens is 1. The number of aliphatic carboxylic acids is 1. The zero-order valence-corrected chi connectivity index (χ0v) is 42.3. The Kier molecular flexibility index (Phi) is 21.5. The number of likely N-dealkylation sites (tertiary alicyclic amines) is 1. The van der Waals surface area contributed by atoms with Gasteiger partial charge in [0.05, 0.1) is 42.7 Å². The van der Waals surface area contributed by atoms with Crippen LogP contribution >= 0.6 is 0 Å². The van der Waals surface area contributed by atoms with Crippen molar-refractivity contribution in [3.8, 4) is 0 Å². The molecule has 0 saturated carbocycles. The Labute approximate surface area is 403 Å². The topological polar surface area (TPSA) is 203 Å². The molecular weight excluding hydrogens is 867 g/mol. The summed E-state index contributed by atoms with van der Waals surface area (Å²) in [5.41, 5.74) is 2.74. The minimum absolute atomic E-state index is 0.0119. The molecule has 3 aromatic rings. The molecular formula is C52H79N7O9. The molecule has 376 valence electrons. The maximum absolute atomic E-state index is 14.5. The molecule has 0 spiro atoms. The van der Waals surface area contributed by atoms with E-state index in [0.29, 0.717) is 45.3 Å². The number of para-hydroxylation sites is 1. The summed E-state index contributed by atoms with van der Waals surface area (Å²) in [7, 11) is 6.56. The molecule has 0 bridgehead atoms. The van der Waals surface area contributed by atoms with Gasteiger partial charge in [0.25, 0.3) is 0 Å². The lowest BCUT2D eigenvalue weighted by Crippen LogP contribution is -2.60. The van der Waals surface area contributed by atoms with Gasteiger partial charge in [0.2, 0.25) is 29.5 Å². The average molecular weight is 946 g/mol. The fourth-order valence-corrected chi connectivity index (χ4v) is 9.85. The van der Waals surface area contributed by atoms with E-state index in [2.05, 4.69) is 20.9 Å². The molecule has 16 heteroatoms. The van der Waals surface area contributed by atoms with Crippen LogP contribution in [0.5, 0.6) is 0 Å². The van der Waals surface area contributed by atoms with Crippen LogP contribution in [0.1, 0.15) is 98.1 Å². The van der Waals surface area contributed by atoms with Gasteiger partial charge in [-0.2, -0.15) is 0 Å². The number of carbonyl (C=O) groups is 6. The minimum Gasteiger partial charge on any atom is -0.481 e. The van der Waals surface area contributed by atoms with Crippen molar-refractivity contribution in [3.05, 3.63) is 71.9 Å². The third kappa shape index (κ3) is 14.6. The van der Waals surface area contributed by atoms with Crippen LogP contribution in [-0.2, 0) is 51.2 Å². The number of methoxy groups -OCH3 is 2. The van der Waals surface area contributed by atoms with E-state index in [4.69, 9.17) is 14.6 Å². The number of aromatic amines is 1. The molecule has 9 atom stereocenters. The molecule has 5 amide bonds. The van der Waals surface area contributed by atoms with E-state index < -0.39 is 54.3 Å². The van der Waals surface area contributed by atoms with Crippen molar-refractivity contribution in [1.29, 1.82) is 0 Å². The Morgan fingerprint density at radius 1 is 0.868 bits per heavy atom. The second kappa shape index (κ2) is 26.4. The molecule has 0 aliphatic carbocycles. The highest BCUT2D eigenvalue weighted by atomic mass is 16.5. The Bertz CT molecular complexity index is 2110. The number of hydrogen-bond acceptors (Lipinski definition) is 9. The van der Waals surface area contributed by atoms with Gasteiger partial charge in [-0.05, 0) is 67.8 Å². The number of nitrogens with one attached hydrogen (secondary N) is 4. The van der Waals surface area contributed by atoms with Gasteiger partial charge in [0.15, 0.2) is 0 Å². The number of likely N-dealkylation sites (N-methyl/N-ethyl adjacent to an activating group) is 2. The van der Waals surface area contributed by atoms with Gasteiger partial charge in [-0.15, -0.1) is 0 Å². The monoisotopic (exact) mass is 946 g/mol. The van der Waals surface area contributed by atoms with Gasteiger partial charge in [-0.1, -0.05) is 103 Å². The lowest BCUT2D eigenvalue weighted by Gasteiger charge is -2.41. The molecule has 2 aromatic carbocycles. The molecule has 4 rings (SSSR count). The predicted octanol–water partition coefficient (Wildman–Crippen LogP) is 5.39. The van der Waals surface area contributed by atoms with Gasteiger partial charge in [-0.3, -0.25) is 33.7 Å². The van der Waals surface area contributed by atoms with E-state index >= 15 is 0 Å². The highest BCUT2D eigenvalue weighted by Gasteiger charge is 2.43. The summed E-state index contributed by atoms with van der Waals surface area (Å²) in [4.78, 5) is 90.8. The maximum Gasteiger partial charge on any atom is 0.303 e. The third-order valence-electron chi connectivity index (χ3n) is 13.8. The van der Waals surface area contributed by atoms with Gasteiger partial charge in [-0.25, -0.2) is 0 Å². The summed E-state index contributed by atoms with van der Waals surface area (Å²) in [5.74, 6) is -3.65. The molecule has 1 aromatic heterocycles. The summed E-state index contributed by atoms with van der Waals surface area (Å²) in [6.07, 6.45) is 3.02. The summed E-state index contributed by atoms with van der Waals surface area (Å²) >= 11 is 0. The summed E-state index contributed by atoms with van der Waals surface area (Å²) in [6.45, 7) is 14.5. The fraction of sp³-hybridized carbons (Fsp3) is 0.615. The van der Waals surface area contributed by atoms with E-state index in [1.165, 1.54) is 14.2 Å². The van der Waals surface area contributed by atoms with Gasteiger partial charge in [0, 0.05) is 64.3 Å². The number of fused-ring (bicyclic) bond motifs is 1. The Morgan fingerprint density at radius 2 is 1.54 bits per heavy atom. The lowest BCUT2D eigenvalue weighted by molar-refractivity contribution is -0.148. The number of rotatable bonds is 27. The average Bonchev–Trinajstić information content (AvgIpc) is 3.97. The minimum atomic E-state index is -0.900. The van der Waals surface area contributed by atoms with Crippen molar-refractivity contribution < 1.29 is 43.3 Å². The summed E-state index contributed by atoms with van der Waals surface area (Å²) in [6, 6.07) is 14.0. The van der Waals surface area contributed by atoms with Gasteiger partial charge < -0.3 is 45.3 Å². The van der Waals surface area contributed by atoms with Crippen molar-refractivity contribution in [1.82, 2.24) is 35.6 Å². The van der Waals surface area contributed by atoms with Crippen molar-refractivity contribution >= 4 is 46.4 Å². The lowest BCUT2D eigenvalue weighted by atomic mass is 9.89. The smallest absolute Gasteiger partial charge is 0.303 e. The molecule has 1 fully saturated rings. The standard InChI is InChI=1S/C52H79N7O9/c1-12-34(6)47(58(9)52(66)45(32(2)3)56-51(65)46(33(4)5)57(8)26-19-25-44(61)62)42(67-10)29-43(60)59-27-18-24-41(59)48(68-11)35(7)49(63)55-40(50(64)54-30-36-20-14-13-15-21-36)28-37-31-53-39-23-17-16-22-38(37)39/h13-17,20-23,31-35,40-42,45-48,53H,12,18-19,24-30H2,1-11H3,(H,54,64)(H,55,63)(H,56,65)(H,61,62)/t34-,35+,40-,41-,42+,45-,46-,47-,48+/m0/s1. The summed E-state index contributed by atoms with van der Waals surface area (Å²) < 4.78 is 12.2. The molecule has 0 unspecified atom stereocenters. The van der Waals surface area contributed by atoms with Crippen molar-refractivity contribution in [2.24, 2.45) is 23.7 Å². The number of ether oxygens (including phenoxy) is 2. The van der Waals surface area contributed by atoms with E-state index in [1.54, 1.807) is 30.8 Å². The Hall–Kier alpha value is -5.32. The SMILES string of the molecule is CC[C@H](C)[C@@H]([C@@H](CC(=O)N1CCC[C@H]1[C@H](OC)[C@@H](C)C(=O)N[C@@H](Cc1c[nH]c2ccccc12)C(=O)NCc1ccccc1)OC)N(C)C(=O)[C@@H](NC(=O)[C@H](C(C)C)N(C)CCCC(=O)O)C(C)C. The molecule has 5 N–H and O–H groups in total. The number of nitrogens with zero attached hydrogens (tertiary/aromatic N) is 3. The Morgan fingerprint density at radius 3 is 2.16 bits per heavy atom. The van der Waals surface area contributed by atoms with Crippen LogP contribution in [0, 0.1) is 23.7 Å². The molecule has 2 heterocycles. The number of H-pyrrole nitrogens is 1. The van der Waals surface area contributed by atoms with Crippen molar-refractivity contribution in [2.75, 3.05) is 41.4 Å².